The van der Waals surface area contributed by atoms with Gasteiger partial charge in [0.2, 0.25) is 0 Å². The molecule has 4 aliphatic carbocycles. The molecule has 5 rings (SSSR count). The summed E-state index contributed by atoms with van der Waals surface area (Å²) in [7, 11) is -4.09. The Kier molecular flexibility index (Phi) is 8.71. The van der Waals surface area contributed by atoms with Gasteiger partial charge < -0.3 is 19.7 Å². The molecule has 1 amide bonds. The largest absolute Gasteiger partial charge is 0.491 e. The lowest BCUT2D eigenvalue weighted by Crippen LogP contribution is -2.58. The number of benzene rings is 1. The van der Waals surface area contributed by atoms with Crippen molar-refractivity contribution in [2.75, 3.05) is 6.61 Å². The van der Waals surface area contributed by atoms with Crippen LogP contribution < -0.4 is 9.46 Å². The predicted molar refractivity (Wildman–Crippen MR) is 160 cm³/mol. The fourth-order valence-electron chi connectivity index (χ4n) is 9.87. The highest BCUT2D eigenvalue weighted by molar-refractivity contribution is 7.90. The third kappa shape index (κ3) is 5.70. The van der Waals surface area contributed by atoms with Gasteiger partial charge in [-0.3, -0.25) is 0 Å². The Morgan fingerprint density at radius 3 is 2.40 bits per heavy atom. The molecule has 1 aromatic rings. The van der Waals surface area contributed by atoms with Crippen molar-refractivity contribution in [3.8, 4) is 5.75 Å². The quantitative estimate of drug-likeness (QED) is 0.358. The number of aryl methyl sites for hydroxylation is 1. The van der Waals surface area contributed by atoms with Crippen LogP contribution in [0.15, 0.2) is 23.1 Å². The maximum Gasteiger partial charge on any atom is 0.421 e. The molecule has 1 aromatic carbocycles. The molecule has 4 fully saturated rings. The first-order chi connectivity index (χ1) is 19.7. The van der Waals surface area contributed by atoms with Crippen LogP contribution in [-0.2, 0) is 14.8 Å². The van der Waals surface area contributed by atoms with Crippen LogP contribution in [0.3, 0.4) is 0 Å². The van der Waals surface area contributed by atoms with Gasteiger partial charge in [0.15, 0.2) is 0 Å². The van der Waals surface area contributed by atoms with Crippen molar-refractivity contribution < 1.29 is 32.9 Å². The Morgan fingerprint density at radius 2 is 1.71 bits per heavy atom. The van der Waals surface area contributed by atoms with Crippen molar-refractivity contribution in [1.29, 1.82) is 0 Å². The average molecular weight is 606 g/mol. The van der Waals surface area contributed by atoms with Crippen LogP contribution >= 0.6 is 0 Å². The average Bonchev–Trinajstić information content (AvgIpc) is 3.26. The molecule has 0 heterocycles. The van der Waals surface area contributed by atoms with E-state index in [1.54, 1.807) is 13.0 Å². The topological polar surface area (TPSA) is 122 Å². The summed E-state index contributed by atoms with van der Waals surface area (Å²) in [4.78, 5) is 12.6. The van der Waals surface area contributed by atoms with Gasteiger partial charge in [-0.15, -0.1) is 0 Å². The molecular weight excluding hydrogens is 554 g/mol. The van der Waals surface area contributed by atoms with Crippen LogP contribution in [0.1, 0.15) is 91.5 Å². The summed E-state index contributed by atoms with van der Waals surface area (Å²) < 4.78 is 39.0. The SMILES string of the molecule is Cc1cc(S(=O)(=O)NC(=O)OC[C@@H](C)[C@H]2CC[C@H]3[C@@H]4[C@H](O)C[C@@H]5C[C@H](O)CC[C@]5(C)[C@H]4CC[C@]23C)ccc1OC(C)C. The summed E-state index contributed by atoms with van der Waals surface area (Å²) in [5.74, 6) is 2.55. The second-order valence-corrected chi connectivity index (χ2v) is 16.4. The molecular formula is C33H51NO7S. The lowest BCUT2D eigenvalue weighted by Gasteiger charge is -2.62. The second-order valence-electron chi connectivity index (χ2n) is 14.7. The van der Waals surface area contributed by atoms with Gasteiger partial charge in [-0.1, -0.05) is 20.8 Å². The molecule has 4 aliphatic rings. The van der Waals surface area contributed by atoms with E-state index in [0.29, 0.717) is 35.0 Å². The second kappa shape index (κ2) is 11.6. The van der Waals surface area contributed by atoms with Crippen LogP contribution in [0.5, 0.6) is 5.75 Å². The number of aliphatic hydroxyl groups excluding tert-OH is 2. The van der Waals surface area contributed by atoms with Crippen LogP contribution in [-0.4, -0.2) is 49.6 Å². The molecule has 236 valence electrons. The zero-order valence-corrected chi connectivity index (χ0v) is 27.0. The summed E-state index contributed by atoms with van der Waals surface area (Å²) >= 11 is 0. The minimum Gasteiger partial charge on any atom is -0.491 e. The number of sulfonamides is 1. The van der Waals surface area contributed by atoms with Gasteiger partial charge in [0, 0.05) is 0 Å². The smallest absolute Gasteiger partial charge is 0.421 e. The first kappa shape index (κ1) is 31.6. The van der Waals surface area contributed by atoms with Gasteiger partial charge in [-0.2, -0.15) is 0 Å². The monoisotopic (exact) mass is 605 g/mol. The number of hydrogen-bond donors (Lipinski definition) is 3. The summed E-state index contributed by atoms with van der Waals surface area (Å²) in [5.41, 5.74) is 0.893. The summed E-state index contributed by atoms with van der Waals surface area (Å²) in [6.45, 7) is 12.6. The lowest BCUT2D eigenvalue weighted by molar-refractivity contribution is -0.174. The van der Waals surface area contributed by atoms with Crippen molar-refractivity contribution in [3.63, 3.8) is 0 Å². The highest BCUT2D eigenvalue weighted by atomic mass is 32.2. The summed E-state index contributed by atoms with van der Waals surface area (Å²) in [6.07, 6.45) is 6.17. The minimum atomic E-state index is -4.09. The van der Waals surface area contributed by atoms with Gasteiger partial charge in [-0.25, -0.2) is 17.9 Å². The Hall–Kier alpha value is -1.84. The van der Waals surface area contributed by atoms with E-state index in [1.165, 1.54) is 12.1 Å². The fraction of sp³-hybridized carbons (Fsp3) is 0.788. The van der Waals surface area contributed by atoms with Gasteiger partial charge in [-0.05, 0) is 142 Å². The van der Waals surface area contributed by atoms with E-state index in [1.807, 2.05) is 13.8 Å². The van der Waals surface area contributed by atoms with Gasteiger partial charge in [0.25, 0.3) is 10.0 Å². The number of amides is 1. The van der Waals surface area contributed by atoms with E-state index in [0.717, 1.165) is 51.4 Å². The third-order valence-corrected chi connectivity index (χ3v) is 13.2. The molecule has 10 atom stereocenters. The first-order valence-electron chi connectivity index (χ1n) is 16.0. The van der Waals surface area contributed by atoms with Crippen molar-refractivity contribution in [1.82, 2.24) is 4.72 Å². The summed E-state index contributed by atoms with van der Waals surface area (Å²) in [6, 6.07) is 4.52. The van der Waals surface area contributed by atoms with Crippen LogP contribution in [0.2, 0.25) is 0 Å². The molecule has 8 nitrogen and oxygen atoms in total. The predicted octanol–water partition coefficient (Wildman–Crippen LogP) is 5.82. The number of ether oxygens (including phenoxy) is 2. The van der Waals surface area contributed by atoms with E-state index in [4.69, 9.17) is 9.47 Å². The number of fused-ring (bicyclic) bond motifs is 5. The highest BCUT2D eigenvalue weighted by Gasteiger charge is 2.62. The Morgan fingerprint density at radius 1 is 1.02 bits per heavy atom. The van der Waals surface area contributed by atoms with Gasteiger partial charge >= 0.3 is 6.09 Å². The third-order valence-electron chi connectivity index (χ3n) is 11.9. The van der Waals surface area contributed by atoms with E-state index >= 15 is 0 Å². The van der Waals surface area contributed by atoms with Crippen molar-refractivity contribution in [2.24, 2.45) is 46.3 Å². The zero-order chi connectivity index (χ0) is 30.6. The van der Waals surface area contributed by atoms with E-state index in [2.05, 4.69) is 25.5 Å². The lowest BCUT2D eigenvalue weighted by atomic mass is 9.43. The standard InChI is InChI=1S/C33H51NO7S/c1-19(2)41-29-10-7-24(15-20(29)3)42(38,39)34-31(37)40-18-21(4)25-8-9-26-30-27(12-14-33(25,26)6)32(5)13-11-23(35)16-22(32)17-28(30)36/h7,10,15,19,21-23,25-28,30,35-36H,8-9,11-14,16-18H2,1-6H3,(H,34,37)/t21-,22+,23-,25-,26+,27+,28-,30+,32+,33-/m1/s1. The molecule has 0 bridgehead atoms. The number of carbonyl (C=O) groups excluding carboxylic acids is 1. The Labute approximate surface area is 252 Å². The Bertz CT molecular complexity index is 1270. The normalized spacial score (nSPS) is 38.6. The van der Waals surface area contributed by atoms with E-state index < -0.39 is 16.1 Å². The molecule has 0 spiro atoms. The van der Waals surface area contributed by atoms with Crippen molar-refractivity contribution >= 4 is 16.1 Å². The van der Waals surface area contributed by atoms with Crippen molar-refractivity contribution in [3.05, 3.63) is 23.8 Å². The zero-order valence-electron chi connectivity index (χ0n) is 26.1. The maximum absolute atomic E-state index is 12.9. The number of rotatable bonds is 7. The number of aliphatic hydroxyl groups is 2. The van der Waals surface area contributed by atoms with Gasteiger partial charge in [0.1, 0.15) is 5.75 Å². The number of hydrogen-bond acceptors (Lipinski definition) is 7. The fourth-order valence-corrected chi connectivity index (χ4v) is 10.8. The summed E-state index contributed by atoms with van der Waals surface area (Å²) in [5, 5.41) is 21.8. The number of nitrogens with one attached hydrogen (secondary N) is 1. The van der Waals surface area contributed by atoms with Crippen molar-refractivity contribution in [2.45, 2.75) is 116 Å². The highest BCUT2D eigenvalue weighted by Crippen LogP contribution is 2.68. The molecule has 4 saturated carbocycles. The van der Waals surface area contributed by atoms with E-state index in [9.17, 15) is 23.4 Å². The molecule has 0 radical (unpaired) electrons. The first-order valence-corrected chi connectivity index (χ1v) is 17.5. The molecule has 0 aromatic heterocycles. The molecule has 3 N–H and O–H groups in total. The minimum absolute atomic E-state index is 0.0153. The van der Waals surface area contributed by atoms with Crippen LogP contribution in [0.25, 0.3) is 0 Å². The van der Waals surface area contributed by atoms with Crippen LogP contribution in [0, 0.1) is 53.3 Å². The van der Waals surface area contributed by atoms with Gasteiger partial charge in [0.05, 0.1) is 29.8 Å². The molecule has 0 aliphatic heterocycles. The molecule has 0 unspecified atom stereocenters. The maximum atomic E-state index is 12.9. The molecule has 0 saturated heterocycles. The number of carbonyl (C=O) groups is 1. The molecule has 42 heavy (non-hydrogen) atoms. The Balaban J connectivity index is 1.20. The van der Waals surface area contributed by atoms with Crippen LogP contribution in [0.4, 0.5) is 4.79 Å². The molecule has 9 heteroatoms. The van der Waals surface area contributed by atoms with E-state index in [-0.39, 0.29) is 52.5 Å².